The van der Waals surface area contributed by atoms with Crippen molar-refractivity contribution in [1.29, 1.82) is 0 Å². The van der Waals surface area contributed by atoms with Gasteiger partial charge in [0.2, 0.25) is 0 Å². The van der Waals surface area contributed by atoms with Crippen LogP contribution in [0.15, 0.2) is 109 Å². The molecule has 2 nitrogen and oxygen atoms in total. The summed E-state index contributed by atoms with van der Waals surface area (Å²) in [5, 5.41) is 7.32. The highest BCUT2D eigenvalue weighted by Gasteiger charge is 2.56. The zero-order valence-corrected chi connectivity index (χ0v) is 23.8. The van der Waals surface area contributed by atoms with Gasteiger partial charge in [0, 0.05) is 11.1 Å². The van der Waals surface area contributed by atoms with Crippen LogP contribution in [0.3, 0.4) is 0 Å². The Labute approximate surface area is 246 Å². The zero-order valence-electron chi connectivity index (χ0n) is 23.8. The number of hydrogen-bond donors (Lipinski definition) is 0. The average molecular weight is 547 g/mol. The molecule has 5 aromatic carbocycles. The van der Waals surface area contributed by atoms with Crippen LogP contribution in [0.25, 0.3) is 32.7 Å². The molecule has 0 N–H and O–H groups in total. The van der Waals surface area contributed by atoms with Crippen molar-refractivity contribution in [1.82, 2.24) is 0 Å². The van der Waals surface area contributed by atoms with Crippen LogP contribution in [-0.2, 0) is 9.53 Å². The van der Waals surface area contributed by atoms with Crippen molar-refractivity contribution >= 4 is 38.7 Å². The topological polar surface area (TPSA) is 26.3 Å². The van der Waals surface area contributed by atoms with E-state index in [0.717, 1.165) is 41.5 Å². The van der Waals surface area contributed by atoms with Crippen LogP contribution in [0.4, 0.5) is 0 Å². The van der Waals surface area contributed by atoms with Crippen LogP contribution < -0.4 is 10.4 Å². The van der Waals surface area contributed by atoms with E-state index in [4.69, 9.17) is 4.74 Å². The van der Waals surface area contributed by atoms with Gasteiger partial charge in [-0.15, -0.1) is 0 Å². The first-order chi connectivity index (χ1) is 20.7. The second kappa shape index (κ2) is 9.16. The Morgan fingerprint density at radius 2 is 0.905 bits per heavy atom. The Bertz CT molecular complexity index is 1850. The van der Waals surface area contributed by atoms with Crippen LogP contribution in [0.1, 0.15) is 49.7 Å². The van der Waals surface area contributed by atoms with Crippen molar-refractivity contribution in [3.63, 3.8) is 0 Å². The number of carbonyl (C=O) groups excluding carboxylic acids is 1. The summed E-state index contributed by atoms with van der Waals surface area (Å²) in [5.74, 6) is 2.10. The van der Waals surface area contributed by atoms with Gasteiger partial charge in [-0.05, 0) is 99.4 Å². The van der Waals surface area contributed by atoms with Crippen molar-refractivity contribution in [3.8, 4) is 0 Å². The third-order valence-electron chi connectivity index (χ3n) is 10.9. The van der Waals surface area contributed by atoms with Crippen molar-refractivity contribution in [2.75, 3.05) is 0 Å². The molecule has 10 rings (SSSR count). The molecule has 0 atom stereocenters. The van der Waals surface area contributed by atoms with Gasteiger partial charge in [-0.1, -0.05) is 109 Å². The van der Waals surface area contributed by atoms with Crippen LogP contribution in [-0.4, -0.2) is 12.1 Å². The standard InChI is InChI=1S/C40H34O2/c41-39(40-22-25-19-26(23-40)21-27(20-25)24-40)42-38-34(28-11-3-1-4-12-28)36-32-17-9-7-15-30(32)31-16-8-10-18-33(31)37(36)35(38)29-13-5-2-6-14-29/h1-18,25-27,38H,19-24H2. The number of carbonyl (C=O) groups is 1. The maximum absolute atomic E-state index is 14.6. The second-order valence-corrected chi connectivity index (χ2v) is 13.4. The quantitative estimate of drug-likeness (QED) is 0.172. The van der Waals surface area contributed by atoms with Gasteiger partial charge in [-0.25, -0.2) is 0 Å². The Kier molecular flexibility index (Phi) is 5.33. The number of esters is 1. The molecule has 4 bridgehead atoms. The molecule has 0 saturated heterocycles. The average Bonchev–Trinajstić information content (AvgIpc) is 3.36. The van der Waals surface area contributed by atoms with Crippen LogP contribution in [0.2, 0.25) is 0 Å². The fraction of sp³-hybridized carbons (Fsp3) is 0.275. The smallest absolute Gasteiger partial charge is 0.313 e. The summed E-state index contributed by atoms with van der Waals surface area (Å²) in [5.41, 5.74) is 4.15. The largest absolute Gasteiger partial charge is 0.452 e. The van der Waals surface area contributed by atoms with Gasteiger partial charge in [0.05, 0.1) is 5.41 Å². The second-order valence-electron chi connectivity index (χ2n) is 13.4. The van der Waals surface area contributed by atoms with E-state index in [9.17, 15) is 4.79 Å². The predicted molar refractivity (Wildman–Crippen MR) is 169 cm³/mol. The van der Waals surface area contributed by atoms with Gasteiger partial charge in [-0.3, -0.25) is 4.79 Å². The maximum atomic E-state index is 14.6. The van der Waals surface area contributed by atoms with E-state index < -0.39 is 6.10 Å². The van der Waals surface area contributed by atoms with E-state index in [1.54, 1.807) is 0 Å². The van der Waals surface area contributed by atoms with E-state index in [-0.39, 0.29) is 11.4 Å². The Morgan fingerprint density at radius 1 is 0.524 bits per heavy atom. The summed E-state index contributed by atoms with van der Waals surface area (Å²) < 4.78 is 7.00. The molecule has 2 heteroatoms. The van der Waals surface area contributed by atoms with Gasteiger partial charge in [-0.2, -0.15) is 0 Å². The van der Waals surface area contributed by atoms with Crippen LogP contribution in [0, 0.1) is 23.2 Å². The normalized spacial score (nSPS) is 26.2. The van der Waals surface area contributed by atoms with E-state index in [2.05, 4.69) is 109 Å². The van der Waals surface area contributed by atoms with Crippen molar-refractivity contribution in [3.05, 3.63) is 131 Å². The lowest BCUT2D eigenvalue weighted by Gasteiger charge is -2.55. The molecule has 4 fully saturated rings. The lowest BCUT2D eigenvalue weighted by molar-refractivity contribution is -0.172. The molecule has 0 unspecified atom stereocenters. The predicted octanol–water partition coefficient (Wildman–Crippen LogP) is 7.53. The van der Waals surface area contributed by atoms with Crippen molar-refractivity contribution in [2.45, 2.75) is 44.6 Å². The highest BCUT2D eigenvalue weighted by atomic mass is 16.5. The Hall–Kier alpha value is -4.17. The van der Waals surface area contributed by atoms with Crippen molar-refractivity contribution in [2.24, 2.45) is 23.2 Å². The molecule has 0 amide bonds. The lowest BCUT2D eigenvalue weighted by Crippen LogP contribution is -2.51. The first-order valence-corrected chi connectivity index (χ1v) is 15.7. The summed E-state index contributed by atoms with van der Waals surface area (Å²) in [4.78, 5) is 14.6. The lowest BCUT2D eigenvalue weighted by atomic mass is 9.49. The minimum atomic E-state index is -0.473. The summed E-state index contributed by atoms with van der Waals surface area (Å²) in [6.07, 6.45) is 6.46. The number of fused-ring (bicyclic) bond motifs is 6. The molecule has 42 heavy (non-hydrogen) atoms. The fourth-order valence-electron chi connectivity index (χ4n) is 9.64. The van der Waals surface area contributed by atoms with Gasteiger partial charge >= 0.3 is 5.97 Å². The van der Waals surface area contributed by atoms with Gasteiger partial charge in [0.25, 0.3) is 0 Å². The number of ether oxygens (including phenoxy) is 1. The monoisotopic (exact) mass is 546 g/mol. The molecule has 5 aromatic rings. The molecular weight excluding hydrogens is 512 g/mol. The van der Waals surface area contributed by atoms with Gasteiger partial charge < -0.3 is 4.74 Å². The SMILES string of the molecule is O=C(OC1C(c2ccccc2)=c2c(c3ccccc3c3ccccc23)=C1c1ccccc1)C12CC3CC(CC(C3)C1)C2. The highest BCUT2D eigenvalue weighted by Crippen LogP contribution is 2.60. The highest BCUT2D eigenvalue weighted by molar-refractivity contribution is 6.12. The molecule has 0 spiro atoms. The molecule has 0 radical (unpaired) electrons. The van der Waals surface area contributed by atoms with Gasteiger partial charge in [0.1, 0.15) is 0 Å². The van der Waals surface area contributed by atoms with Crippen LogP contribution >= 0.6 is 0 Å². The molecule has 5 aliphatic rings. The molecule has 5 aliphatic carbocycles. The third-order valence-corrected chi connectivity index (χ3v) is 10.9. The summed E-state index contributed by atoms with van der Waals surface area (Å²) in [7, 11) is 0. The molecule has 0 aromatic heterocycles. The first-order valence-electron chi connectivity index (χ1n) is 15.7. The molecule has 0 aliphatic heterocycles. The number of benzene rings is 5. The Morgan fingerprint density at radius 3 is 1.33 bits per heavy atom. The fourth-order valence-corrected chi connectivity index (χ4v) is 9.64. The first kappa shape index (κ1) is 24.4. The van der Waals surface area contributed by atoms with E-state index in [1.165, 1.54) is 51.2 Å². The summed E-state index contributed by atoms with van der Waals surface area (Å²) in [6.45, 7) is 0. The minimum Gasteiger partial charge on any atom is -0.452 e. The summed E-state index contributed by atoms with van der Waals surface area (Å²) in [6, 6.07) is 38.8. The Balaban J connectivity index is 1.36. The van der Waals surface area contributed by atoms with E-state index in [0.29, 0.717) is 17.8 Å². The maximum Gasteiger partial charge on any atom is 0.313 e. The molecular formula is C40H34O2. The van der Waals surface area contributed by atoms with Crippen molar-refractivity contribution < 1.29 is 9.53 Å². The van der Waals surface area contributed by atoms with E-state index in [1.807, 2.05) is 0 Å². The zero-order chi connectivity index (χ0) is 27.8. The molecule has 4 saturated carbocycles. The summed E-state index contributed by atoms with van der Waals surface area (Å²) >= 11 is 0. The van der Waals surface area contributed by atoms with Gasteiger partial charge in [0.15, 0.2) is 6.10 Å². The van der Waals surface area contributed by atoms with E-state index >= 15 is 0 Å². The molecule has 0 heterocycles. The number of rotatable bonds is 4. The third kappa shape index (κ3) is 3.54. The molecule has 206 valence electrons. The van der Waals surface area contributed by atoms with Crippen LogP contribution in [0.5, 0.6) is 0 Å². The number of hydrogen-bond acceptors (Lipinski definition) is 2. The minimum absolute atomic E-state index is 0.0369.